The van der Waals surface area contributed by atoms with Crippen LogP contribution in [-0.2, 0) is 4.74 Å². The Morgan fingerprint density at radius 2 is 2.47 bits per heavy atom. The van der Waals surface area contributed by atoms with Gasteiger partial charge < -0.3 is 9.15 Å². The Hall–Kier alpha value is -1.62. The van der Waals surface area contributed by atoms with E-state index < -0.39 is 5.54 Å². The fraction of sp³-hybridized carbons (Fsp3) is 0.500. The summed E-state index contributed by atoms with van der Waals surface area (Å²) in [5.74, 6) is 0.489. The lowest BCUT2D eigenvalue weighted by Gasteiger charge is -2.35. The molecular formula is C12H15NO4. The Kier molecular flexibility index (Phi) is 3.02. The molecule has 0 spiro atoms. The van der Waals surface area contributed by atoms with Crippen molar-refractivity contribution in [3.05, 3.63) is 46.9 Å². The lowest BCUT2D eigenvalue weighted by atomic mass is 9.80. The second-order valence-electron chi connectivity index (χ2n) is 4.51. The van der Waals surface area contributed by atoms with Crippen molar-refractivity contribution < 1.29 is 14.1 Å². The summed E-state index contributed by atoms with van der Waals surface area (Å²) in [6.07, 6.45) is 3.51. The lowest BCUT2D eigenvalue weighted by Crippen LogP contribution is -2.50. The van der Waals surface area contributed by atoms with Crippen LogP contribution in [0.15, 0.2) is 35.5 Å². The van der Waals surface area contributed by atoms with Crippen molar-refractivity contribution >= 4 is 0 Å². The number of hydrogen-bond donors (Lipinski definition) is 0. The highest BCUT2D eigenvalue weighted by molar-refractivity contribution is 5.07. The average Bonchev–Trinajstić information content (AvgIpc) is 2.83. The zero-order valence-corrected chi connectivity index (χ0v) is 9.67. The Bertz CT molecular complexity index is 414. The van der Waals surface area contributed by atoms with Crippen LogP contribution in [0, 0.1) is 16.0 Å². The van der Waals surface area contributed by atoms with Crippen LogP contribution in [0.2, 0.25) is 0 Å². The fourth-order valence-corrected chi connectivity index (χ4v) is 2.14. The Labute approximate surface area is 99.2 Å². The highest BCUT2D eigenvalue weighted by Gasteiger charge is 2.50. The number of nitro groups is 1. The van der Waals surface area contributed by atoms with Gasteiger partial charge in [-0.15, -0.1) is 6.58 Å². The van der Waals surface area contributed by atoms with E-state index in [1.807, 2.05) is 6.07 Å². The summed E-state index contributed by atoms with van der Waals surface area (Å²) in [7, 11) is 0. The predicted octanol–water partition coefficient (Wildman–Crippen LogP) is 2.58. The number of nitrogens with zero attached hydrogens (tertiary/aromatic N) is 1. The van der Waals surface area contributed by atoms with Gasteiger partial charge >= 0.3 is 0 Å². The van der Waals surface area contributed by atoms with Gasteiger partial charge in [-0.2, -0.15) is 0 Å². The van der Waals surface area contributed by atoms with E-state index in [4.69, 9.17) is 9.15 Å². The summed E-state index contributed by atoms with van der Waals surface area (Å²) in [4.78, 5) is 10.8. The molecule has 1 aliphatic rings. The minimum Gasteiger partial charge on any atom is -0.467 e. The first-order valence-electron chi connectivity index (χ1n) is 5.50. The van der Waals surface area contributed by atoms with E-state index in [0.717, 1.165) is 0 Å². The molecule has 92 valence electrons. The van der Waals surface area contributed by atoms with Crippen LogP contribution < -0.4 is 0 Å². The molecule has 1 saturated heterocycles. The monoisotopic (exact) mass is 237 g/mol. The number of ether oxygens (including phenoxy) is 1. The molecule has 0 bridgehead atoms. The Morgan fingerprint density at radius 1 is 1.71 bits per heavy atom. The first kappa shape index (κ1) is 11.9. The van der Waals surface area contributed by atoms with Gasteiger partial charge in [-0.05, 0) is 18.6 Å². The minimum atomic E-state index is -1.09. The molecule has 0 radical (unpaired) electrons. The SMILES string of the molecule is C=C[C@H]1C[C@@H](c2ccco2)OC[C@@]1(C)[N+](=O)[O-]. The molecule has 0 saturated carbocycles. The molecule has 1 aromatic rings. The van der Waals surface area contributed by atoms with Crippen molar-refractivity contribution in [2.45, 2.75) is 25.0 Å². The maximum absolute atomic E-state index is 11.1. The molecule has 0 aliphatic carbocycles. The van der Waals surface area contributed by atoms with E-state index in [-0.39, 0.29) is 23.6 Å². The van der Waals surface area contributed by atoms with E-state index in [0.29, 0.717) is 12.2 Å². The summed E-state index contributed by atoms with van der Waals surface area (Å²) < 4.78 is 10.8. The number of furan rings is 1. The van der Waals surface area contributed by atoms with E-state index in [2.05, 4.69) is 6.58 Å². The van der Waals surface area contributed by atoms with Crippen molar-refractivity contribution in [1.82, 2.24) is 0 Å². The van der Waals surface area contributed by atoms with Gasteiger partial charge in [-0.1, -0.05) is 6.08 Å². The Balaban J connectivity index is 2.18. The van der Waals surface area contributed by atoms with Crippen LogP contribution in [0.1, 0.15) is 25.2 Å². The molecule has 1 fully saturated rings. The van der Waals surface area contributed by atoms with Crippen LogP contribution in [0.3, 0.4) is 0 Å². The summed E-state index contributed by atoms with van der Waals surface area (Å²) in [5, 5.41) is 11.1. The molecule has 0 N–H and O–H groups in total. The topological polar surface area (TPSA) is 65.5 Å². The first-order valence-corrected chi connectivity index (χ1v) is 5.50. The van der Waals surface area contributed by atoms with Gasteiger partial charge in [0.05, 0.1) is 12.2 Å². The zero-order valence-electron chi connectivity index (χ0n) is 9.67. The molecule has 0 unspecified atom stereocenters. The summed E-state index contributed by atoms with van der Waals surface area (Å²) >= 11 is 0. The molecule has 0 amide bonds. The minimum absolute atomic E-state index is 0.0715. The Morgan fingerprint density at radius 3 is 3.00 bits per heavy atom. The second kappa shape index (κ2) is 4.33. The summed E-state index contributed by atoms with van der Waals surface area (Å²) in [6, 6.07) is 3.60. The normalized spacial score (nSPS) is 33.2. The van der Waals surface area contributed by atoms with Gasteiger partial charge in [0.25, 0.3) is 0 Å². The molecule has 0 aromatic carbocycles. The lowest BCUT2D eigenvalue weighted by molar-refractivity contribution is -0.584. The van der Waals surface area contributed by atoms with Crippen molar-refractivity contribution in [2.24, 2.45) is 5.92 Å². The molecule has 1 aliphatic heterocycles. The third-order valence-corrected chi connectivity index (χ3v) is 3.41. The van der Waals surface area contributed by atoms with Crippen molar-refractivity contribution in [3.63, 3.8) is 0 Å². The van der Waals surface area contributed by atoms with Crippen molar-refractivity contribution in [2.75, 3.05) is 6.61 Å². The molecule has 3 atom stereocenters. The average molecular weight is 237 g/mol. The number of hydrogen-bond acceptors (Lipinski definition) is 4. The van der Waals surface area contributed by atoms with Crippen molar-refractivity contribution in [1.29, 1.82) is 0 Å². The molecule has 5 heteroatoms. The molecule has 5 nitrogen and oxygen atoms in total. The maximum Gasteiger partial charge on any atom is 0.248 e. The standard InChI is InChI=1S/C12H15NO4/c1-3-9-7-11(10-5-4-6-16-10)17-8-12(9,2)13(14)15/h3-6,9,11H,1,7-8H2,2H3/t9-,11-,12+/m0/s1. The molecule has 2 rings (SSSR count). The quantitative estimate of drug-likeness (QED) is 0.460. The largest absolute Gasteiger partial charge is 0.467 e. The molecule has 17 heavy (non-hydrogen) atoms. The van der Waals surface area contributed by atoms with Crippen molar-refractivity contribution in [3.8, 4) is 0 Å². The summed E-state index contributed by atoms with van der Waals surface area (Å²) in [5.41, 5.74) is -1.09. The van der Waals surface area contributed by atoms with Crippen LogP contribution in [0.4, 0.5) is 0 Å². The van der Waals surface area contributed by atoms with Gasteiger partial charge in [0.2, 0.25) is 5.54 Å². The third kappa shape index (κ3) is 1.98. The van der Waals surface area contributed by atoms with Crippen LogP contribution in [-0.4, -0.2) is 17.1 Å². The zero-order chi connectivity index (χ0) is 12.5. The second-order valence-corrected chi connectivity index (χ2v) is 4.51. The van der Waals surface area contributed by atoms with Gasteiger partial charge in [0.15, 0.2) is 0 Å². The van der Waals surface area contributed by atoms with E-state index in [9.17, 15) is 10.1 Å². The fourth-order valence-electron chi connectivity index (χ4n) is 2.14. The van der Waals surface area contributed by atoms with E-state index in [1.54, 1.807) is 25.3 Å². The predicted molar refractivity (Wildman–Crippen MR) is 61.1 cm³/mol. The van der Waals surface area contributed by atoms with Gasteiger partial charge in [-0.3, -0.25) is 10.1 Å². The molecule has 2 heterocycles. The highest BCUT2D eigenvalue weighted by atomic mass is 16.6. The number of rotatable bonds is 3. The molecule has 1 aromatic heterocycles. The smallest absolute Gasteiger partial charge is 0.248 e. The van der Waals surface area contributed by atoms with Gasteiger partial charge in [-0.25, -0.2) is 0 Å². The van der Waals surface area contributed by atoms with Gasteiger partial charge in [0, 0.05) is 11.8 Å². The van der Waals surface area contributed by atoms with E-state index >= 15 is 0 Å². The maximum atomic E-state index is 11.1. The van der Waals surface area contributed by atoms with E-state index in [1.165, 1.54) is 0 Å². The molecular weight excluding hydrogens is 222 g/mol. The van der Waals surface area contributed by atoms with Gasteiger partial charge in [0.1, 0.15) is 18.5 Å². The van der Waals surface area contributed by atoms with Crippen LogP contribution in [0.25, 0.3) is 0 Å². The van der Waals surface area contributed by atoms with Crippen LogP contribution >= 0.6 is 0 Å². The van der Waals surface area contributed by atoms with Crippen LogP contribution in [0.5, 0.6) is 0 Å². The first-order chi connectivity index (χ1) is 8.08. The third-order valence-electron chi connectivity index (χ3n) is 3.41. The highest BCUT2D eigenvalue weighted by Crippen LogP contribution is 2.39. The summed E-state index contributed by atoms with van der Waals surface area (Å²) in [6.45, 7) is 5.35.